The summed E-state index contributed by atoms with van der Waals surface area (Å²) in [7, 11) is 0. The summed E-state index contributed by atoms with van der Waals surface area (Å²) in [5.41, 5.74) is 0.793. The first-order chi connectivity index (χ1) is 11.9. The van der Waals surface area contributed by atoms with Crippen LogP contribution in [0.2, 0.25) is 10.0 Å². The molecule has 7 heteroatoms. The molecule has 2 aromatic carbocycles. The van der Waals surface area contributed by atoms with Crippen molar-refractivity contribution in [1.82, 2.24) is 0 Å². The minimum atomic E-state index is -0.615. The van der Waals surface area contributed by atoms with E-state index in [9.17, 15) is 14.9 Å². The number of ether oxygens (including phenoxy) is 1. The molecule has 2 aromatic rings. The number of hydrogen-bond donors (Lipinski definition) is 1. The lowest BCUT2D eigenvalue weighted by atomic mass is 10.1. The van der Waals surface area contributed by atoms with Crippen LogP contribution in [-0.4, -0.2) is 11.9 Å². The number of esters is 1. The van der Waals surface area contributed by atoms with E-state index >= 15 is 0 Å². The monoisotopic (exact) mass is 374 g/mol. The third kappa shape index (κ3) is 5.35. The molecule has 0 spiro atoms. The quantitative estimate of drug-likeness (QED) is 0.370. The molecule has 0 bridgehead atoms. The second-order valence-corrected chi connectivity index (χ2v) is 5.75. The molecule has 2 rings (SSSR count). The Labute approximate surface area is 154 Å². The Morgan fingerprint density at radius 3 is 2.44 bits per heavy atom. The van der Waals surface area contributed by atoms with Crippen LogP contribution in [0.4, 0.5) is 5.69 Å². The van der Waals surface area contributed by atoms with Gasteiger partial charge in [-0.05, 0) is 42.0 Å². The van der Waals surface area contributed by atoms with Crippen molar-refractivity contribution in [2.75, 3.05) is 5.32 Å². The fourth-order valence-corrected chi connectivity index (χ4v) is 2.23. The van der Waals surface area contributed by atoms with E-state index in [2.05, 4.69) is 5.32 Å². The van der Waals surface area contributed by atoms with Crippen molar-refractivity contribution in [3.8, 4) is 11.8 Å². The topological polar surface area (TPSA) is 79.2 Å². The Hall–Kier alpha value is -2.81. The molecule has 0 unspecified atom stereocenters. The molecular formula is C18H12Cl2N2O3. The summed E-state index contributed by atoms with van der Waals surface area (Å²) >= 11 is 11.9. The highest BCUT2D eigenvalue weighted by Crippen LogP contribution is 2.26. The summed E-state index contributed by atoms with van der Waals surface area (Å²) in [6.07, 6.45) is 1.41. The second-order valence-electron chi connectivity index (χ2n) is 4.91. The Balaban J connectivity index is 2.19. The average molecular weight is 375 g/mol. The average Bonchev–Trinajstić information content (AvgIpc) is 2.57. The largest absolute Gasteiger partial charge is 0.427 e. The van der Waals surface area contributed by atoms with Gasteiger partial charge in [-0.25, -0.2) is 0 Å². The molecule has 0 aliphatic heterocycles. The van der Waals surface area contributed by atoms with Crippen LogP contribution in [0.5, 0.6) is 5.75 Å². The molecule has 0 atom stereocenters. The minimum Gasteiger partial charge on any atom is -0.427 e. The van der Waals surface area contributed by atoms with Crippen LogP contribution in [0.25, 0.3) is 6.08 Å². The highest BCUT2D eigenvalue weighted by molar-refractivity contribution is 6.36. The SMILES string of the molecule is CC(=O)Oc1ccc(/C=C(\C#N)C(=O)Nc2cc(Cl)ccc2Cl)cc1. The van der Waals surface area contributed by atoms with Crippen LogP contribution >= 0.6 is 23.2 Å². The van der Waals surface area contributed by atoms with Crippen molar-refractivity contribution in [3.63, 3.8) is 0 Å². The number of halogens is 2. The van der Waals surface area contributed by atoms with Gasteiger partial charge in [0.05, 0.1) is 10.7 Å². The molecule has 0 fully saturated rings. The smallest absolute Gasteiger partial charge is 0.308 e. The van der Waals surface area contributed by atoms with Crippen LogP contribution < -0.4 is 10.1 Å². The number of anilines is 1. The molecule has 25 heavy (non-hydrogen) atoms. The number of carbonyl (C=O) groups is 2. The zero-order valence-corrected chi connectivity index (χ0v) is 14.6. The first-order valence-corrected chi connectivity index (χ1v) is 7.81. The molecule has 1 amide bonds. The van der Waals surface area contributed by atoms with E-state index in [4.69, 9.17) is 27.9 Å². The van der Waals surface area contributed by atoms with Crippen LogP contribution in [0.15, 0.2) is 48.0 Å². The molecule has 0 radical (unpaired) electrons. The normalized spacial score (nSPS) is 10.7. The molecule has 0 saturated carbocycles. The van der Waals surface area contributed by atoms with Crippen LogP contribution in [0.1, 0.15) is 12.5 Å². The highest BCUT2D eigenvalue weighted by Gasteiger charge is 2.12. The lowest BCUT2D eigenvalue weighted by Gasteiger charge is -2.07. The van der Waals surface area contributed by atoms with Crippen molar-refractivity contribution < 1.29 is 14.3 Å². The second kappa shape index (κ2) is 8.34. The maximum absolute atomic E-state index is 12.3. The van der Waals surface area contributed by atoms with Crippen molar-refractivity contribution >= 4 is 46.8 Å². The van der Waals surface area contributed by atoms with Crippen molar-refractivity contribution in [3.05, 3.63) is 63.6 Å². The maximum atomic E-state index is 12.3. The van der Waals surface area contributed by atoms with Gasteiger partial charge in [-0.15, -0.1) is 0 Å². The molecule has 1 N–H and O–H groups in total. The third-order valence-electron chi connectivity index (χ3n) is 2.99. The standard InChI is InChI=1S/C18H12Cl2N2O3/c1-11(23)25-15-5-2-12(3-6-15)8-13(10-21)18(24)22-17-9-14(19)4-7-16(17)20/h2-9H,1H3,(H,22,24)/b13-8+. The first-order valence-electron chi connectivity index (χ1n) is 7.05. The maximum Gasteiger partial charge on any atom is 0.308 e. The van der Waals surface area contributed by atoms with E-state index in [-0.39, 0.29) is 5.57 Å². The van der Waals surface area contributed by atoms with Gasteiger partial charge in [0.2, 0.25) is 0 Å². The van der Waals surface area contributed by atoms with E-state index < -0.39 is 11.9 Å². The number of nitrogens with zero attached hydrogens (tertiary/aromatic N) is 1. The number of amides is 1. The number of benzene rings is 2. The van der Waals surface area contributed by atoms with Gasteiger partial charge in [0.25, 0.3) is 5.91 Å². The van der Waals surface area contributed by atoms with E-state index in [0.717, 1.165) is 0 Å². The fourth-order valence-electron chi connectivity index (χ4n) is 1.90. The summed E-state index contributed by atoms with van der Waals surface area (Å²) < 4.78 is 4.92. The number of hydrogen-bond acceptors (Lipinski definition) is 4. The Morgan fingerprint density at radius 1 is 1.16 bits per heavy atom. The summed E-state index contributed by atoms with van der Waals surface area (Å²) in [6.45, 7) is 1.30. The van der Waals surface area contributed by atoms with E-state index in [1.165, 1.54) is 19.1 Å². The van der Waals surface area contributed by atoms with Gasteiger partial charge < -0.3 is 10.1 Å². The Kier molecular flexibility index (Phi) is 6.18. The van der Waals surface area contributed by atoms with Crippen LogP contribution in [0, 0.1) is 11.3 Å². The number of rotatable bonds is 4. The number of nitriles is 1. The van der Waals surface area contributed by atoms with Gasteiger partial charge >= 0.3 is 5.97 Å². The van der Waals surface area contributed by atoms with Crippen molar-refractivity contribution in [2.24, 2.45) is 0 Å². The highest BCUT2D eigenvalue weighted by atomic mass is 35.5. The molecule has 126 valence electrons. The summed E-state index contributed by atoms with van der Waals surface area (Å²) in [4.78, 5) is 23.1. The number of carbonyl (C=O) groups excluding carboxylic acids is 2. The predicted octanol–water partition coefficient (Wildman–Crippen LogP) is 4.46. The van der Waals surface area contributed by atoms with Crippen molar-refractivity contribution in [2.45, 2.75) is 6.92 Å². The third-order valence-corrected chi connectivity index (χ3v) is 3.56. The molecule has 0 aliphatic rings. The summed E-state index contributed by atoms with van der Waals surface area (Å²) in [5, 5.41) is 12.5. The van der Waals surface area contributed by atoms with Crippen LogP contribution in [-0.2, 0) is 9.59 Å². The zero-order chi connectivity index (χ0) is 18.4. The van der Waals surface area contributed by atoms with E-state index in [1.807, 2.05) is 6.07 Å². The Morgan fingerprint density at radius 2 is 1.84 bits per heavy atom. The van der Waals surface area contributed by atoms with Gasteiger partial charge in [0.15, 0.2) is 0 Å². The van der Waals surface area contributed by atoms with E-state index in [1.54, 1.807) is 36.4 Å². The van der Waals surface area contributed by atoms with Gasteiger partial charge in [-0.2, -0.15) is 5.26 Å². The molecule has 0 heterocycles. The van der Waals surface area contributed by atoms with Gasteiger partial charge in [-0.1, -0.05) is 35.3 Å². The zero-order valence-electron chi connectivity index (χ0n) is 13.0. The lowest BCUT2D eigenvalue weighted by Crippen LogP contribution is -2.13. The Bertz CT molecular complexity index is 884. The molecule has 0 aromatic heterocycles. The fraction of sp³-hybridized carbons (Fsp3) is 0.0556. The molecule has 0 aliphatic carbocycles. The van der Waals surface area contributed by atoms with Gasteiger partial charge in [-0.3, -0.25) is 9.59 Å². The minimum absolute atomic E-state index is 0.115. The first kappa shape index (κ1) is 18.5. The summed E-state index contributed by atoms with van der Waals surface area (Å²) in [5.74, 6) is -0.673. The molecular weight excluding hydrogens is 363 g/mol. The van der Waals surface area contributed by atoms with Crippen LogP contribution in [0.3, 0.4) is 0 Å². The van der Waals surface area contributed by atoms with Gasteiger partial charge in [0, 0.05) is 11.9 Å². The summed E-state index contributed by atoms with van der Waals surface area (Å²) in [6, 6.07) is 12.8. The van der Waals surface area contributed by atoms with Gasteiger partial charge in [0.1, 0.15) is 17.4 Å². The number of nitrogens with one attached hydrogen (secondary N) is 1. The lowest BCUT2D eigenvalue weighted by molar-refractivity contribution is -0.131. The van der Waals surface area contributed by atoms with Crippen molar-refractivity contribution in [1.29, 1.82) is 5.26 Å². The predicted molar refractivity (Wildman–Crippen MR) is 96.4 cm³/mol. The molecule has 5 nitrogen and oxygen atoms in total. The van der Waals surface area contributed by atoms with E-state index in [0.29, 0.717) is 27.0 Å². The molecule has 0 saturated heterocycles.